The molecular formula is C17H20FN3S. The molecule has 0 bridgehead atoms. The van der Waals surface area contributed by atoms with Gasteiger partial charge in [-0.3, -0.25) is 4.99 Å². The van der Waals surface area contributed by atoms with E-state index in [9.17, 15) is 4.39 Å². The molecule has 1 fully saturated rings. The first kappa shape index (κ1) is 15.2. The molecule has 2 aromatic rings. The van der Waals surface area contributed by atoms with Crippen molar-refractivity contribution in [2.75, 3.05) is 7.05 Å². The van der Waals surface area contributed by atoms with Crippen molar-refractivity contribution in [2.45, 2.75) is 32.1 Å². The molecule has 0 spiro atoms. The number of aromatic nitrogens is 1. The number of rotatable bonds is 3. The van der Waals surface area contributed by atoms with Crippen LogP contribution in [-0.2, 0) is 0 Å². The van der Waals surface area contributed by atoms with E-state index >= 15 is 0 Å². The Balaban J connectivity index is 1.93. The molecule has 1 aliphatic carbocycles. The Morgan fingerprint density at radius 3 is 2.59 bits per heavy atom. The maximum atomic E-state index is 13.1. The van der Waals surface area contributed by atoms with Crippen LogP contribution in [0.3, 0.4) is 0 Å². The third kappa shape index (κ3) is 3.35. The second kappa shape index (κ2) is 7.01. The predicted molar refractivity (Wildman–Crippen MR) is 89.7 cm³/mol. The Hall–Kier alpha value is -1.75. The van der Waals surface area contributed by atoms with Crippen molar-refractivity contribution in [3.8, 4) is 11.3 Å². The van der Waals surface area contributed by atoms with Crippen molar-refractivity contribution in [1.82, 2.24) is 4.68 Å². The third-order valence-electron chi connectivity index (χ3n) is 4.06. The zero-order valence-electron chi connectivity index (χ0n) is 12.7. The van der Waals surface area contributed by atoms with Gasteiger partial charge >= 0.3 is 0 Å². The van der Waals surface area contributed by atoms with Gasteiger partial charge in [0.2, 0.25) is 4.80 Å². The molecule has 0 amide bonds. The van der Waals surface area contributed by atoms with Gasteiger partial charge in [0.25, 0.3) is 0 Å². The zero-order chi connectivity index (χ0) is 15.4. The van der Waals surface area contributed by atoms with Crippen LogP contribution in [0.25, 0.3) is 11.3 Å². The van der Waals surface area contributed by atoms with E-state index in [-0.39, 0.29) is 5.82 Å². The highest BCUT2D eigenvalue weighted by Gasteiger charge is 2.12. The molecule has 1 heterocycles. The van der Waals surface area contributed by atoms with Crippen LogP contribution in [0.2, 0.25) is 0 Å². The largest absolute Gasteiger partial charge is 0.261 e. The topological polar surface area (TPSA) is 29.6 Å². The maximum absolute atomic E-state index is 13.1. The van der Waals surface area contributed by atoms with E-state index in [1.54, 1.807) is 30.5 Å². The number of thiazole rings is 1. The molecule has 116 valence electrons. The van der Waals surface area contributed by atoms with E-state index in [1.165, 1.54) is 44.2 Å². The van der Waals surface area contributed by atoms with Crippen LogP contribution in [0.4, 0.5) is 4.39 Å². The van der Waals surface area contributed by atoms with E-state index in [2.05, 4.69) is 16.3 Å². The number of hydrogen-bond acceptors (Lipinski definition) is 3. The minimum atomic E-state index is -0.225. The summed E-state index contributed by atoms with van der Waals surface area (Å²) in [5.41, 5.74) is 1.91. The summed E-state index contributed by atoms with van der Waals surface area (Å²) in [5.74, 6) is 0.337. The first-order valence-corrected chi connectivity index (χ1v) is 8.59. The highest BCUT2D eigenvalue weighted by Crippen LogP contribution is 2.23. The van der Waals surface area contributed by atoms with Crippen LogP contribution >= 0.6 is 11.3 Å². The van der Waals surface area contributed by atoms with Gasteiger partial charge in [0, 0.05) is 24.2 Å². The second-order valence-electron chi connectivity index (χ2n) is 5.61. The van der Waals surface area contributed by atoms with Gasteiger partial charge in [0.15, 0.2) is 0 Å². The van der Waals surface area contributed by atoms with E-state index in [1.807, 2.05) is 10.1 Å². The molecule has 0 unspecified atom stereocenters. The van der Waals surface area contributed by atoms with Crippen LogP contribution in [0.5, 0.6) is 0 Å². The lowest BCUT2D eigenvalue weighted by Crippen LogP contribution is -2.14. The molecular weight excluding hydrogens is 297 g/mol. The normalized spacial score (nSPS) is 17.5. The molecule has 3 rings (SSSR count). The number of nitrogens with zero attached hydrogens (tertiary/aromatic N) is 3. The quantitative estimate of drug-likeness (QED) is 0.756. The Morgan fingerprint density at radius 2 is 1.91 bits per heavy atom. The minimum Gasteiger partial charge on any atom is -0.261 e. The second-order valence-corrected chi connectivity index (χ2v) is 6.45. The first-order chi connectivity index (χ1) is 10.8. The fraction of sp³-hybridized carbons (Fsp3) is 0.412. The van der Waals surface area contributed by atoms with Crippen molar-refractivity contribution in [2.24, 2.45) is 16.0 Å². The first-order valence-electron chi connectivity index (χ1n) is 7.71. The smallest absolute Gasteiger partial charge is 0.205 e. The van der Waals surface area contributed by atoms with Gasteiger partial charge in [-0.05, 0) is 43.0 Å². The summed E-state index contributed by atoms with van der Waals surface area (Å²) in [7, 11) is 1.77. The summed E-state index contributed by atoms with van der Waals surface area (Å²) >= 11 is 1.55. The molecule has 0 N–H and O–H groups in total. The van der Waals surface area contributed by atoms with Gasteiger partial charge in [0.1, 0.15) is 5.82 Å². The number of hydrogen-bond donors (Lipinski definition) is 0. The summed E-state index contributed by atoms with van der Waals surface area (Å²) in [6, 6.07) is 6.52. The van der Waals surface area contributed by atoms with Crippen LogP contribution < -0.4 is 4.80 Å². The van der Waals surface area contributed by atoms with Gasteiger partial charge in [0.05, 0.1) is 5.69 Å². The summed E-state index contributed by atoms with van der Waals surface area (Å²) in [4.78, 5) is 5.14. The summed E-state index contributed by atoms with van der Waals surface area (Å²) in [6.45, 7) is 0. The van der Waals surface area contributed by atoms with Crippen molar-refractivity contribution >= 4 is 17.6 Å². The Labute approximate surface area is 133 Å². The molecule has 1 aromatic carbocycles. The molecule has 0 saturated heterocycles. The average Bonchev–Trinajstić information content (AvgIpc) is 2.97. The van der Waals surface area contributed by atoms with Crippen molar-refractivity contribution in [3.63, 3.8) is 0 Å². The fourth-order valence-electron chi connectivity index (χ4n) is 2.83. The predicted octanol–water partition coefficient (Wildman–Crippen LogP) is 4.30. The van der Waals surface area contributed by atoms with E-state index in [4.69, 9.17) is 0 Å². The molecule has 1 aromatic heterocycles. The third-order valence-corrected chi connectivity index (χ3v) is 4.97. The van der Waals surface area contributed by atoms with E-state index < -0.39 is 0 Å². The Kier molecular flexibility index (Phi) is 4.83. The lowest BCUT2D eigenvalue weighted by molar-refractivity contribution is 0.443. The van der Waals surface area contributed by atoms with E-state index in [0.717, 1.165) is 16.1 Å². The highest BCUT2D eigenvalue weighted by atomic mass is 32.1. The molecule has 1 aliphatic rings. The summed E-state index contributed by atoms with van der Waals surface area (Å²) < 4.78 is 15.0. The van der Waals surface area contributed by atoms with Crippen LogP contribution in [0, 0.1) is 11.7 Å². The van der Waals surface area contributed by atoms with Crippen molar-refractivity contribution in [3.05, 3.63) is 40.3 Å². The van der Waals surface area contributed by atoms with E-state index in [0.29, 0.717) is 5.92 Å². The van der Waals surface area contributed by atoms with Gasteiger partial charge < -0.3 is 0 Å². The van der Waals surface area contributed by atoms with Gasteiger partial charge in [-0.25, -0.2) is 9.07 Å². The molecule has 0 radical (unpaired) electrons. The maximum Gasteiger partial charge on any atom is 0.205 e. The van der Waals surface area contributed by atoms with Gasteiger partial charge in [-0.15, -0.1) is 11.3 Å². The molecule has 5 heteroatoms. The highest BCUT2D eigenvalue weighted by molar-refractivity contribution is 7.07. The molecule has 1 saturated carbocycles. The average molecular weight is 317 g/mol. The standard InChI is InChI=1S/C17H20FN3S/c1-19-17-21(20-11-13-5-3-2-4-6-13)16(12-22-17)14-7-9-15(18)10-8-14/h7-13H,2-6H2,1H3/b19-17?,20-11-. The zero-order valence-corrected chi connectivity index (χ0v) is 13.5. The fourth-order valence-corrected chi connectivity index (χ4v) is 3.63. The van der Waals surface area contributed by atoms with Gasteiger partial charge in [-0.2, -0.15) is 5.10 Å². The monoisotopic (exact) mass is 317 g/mol. The molecule has 22 heavy (non-hydrogen) atoms. The molecule has 0 atom stereocenters. The van der Waals surface area contributed by atoms with Crippen LogP contribution in [0.15, 0.2) is 39.7 Å². The number of benzene rings is 1. The Bertz CT molecular complexity index is 706. The van der Waals surface area contributed by atoms with Crippen LogP contribution in [0.1, 0.15) is 32.1 Å². The summed E-state index contributed by atoms with van der Waals surface area (Å²) in [5, 5.41) is 6.70. The van der Waals surface area contributed by atoms with Crippen LogP contribution in [-0.4, -0.2) is 17.9 Å². The minimum absolute atomic E-state index is 0.225. The lowest BCUT2D eigenvalue weighted by atomic mass is 9.90. The van der Waals surface area contributed by atoms with Crippen molar-refractivity contribution < 1.29 is 4.39 Å². The molecule has 0 aliphatic heterocycles. The van der Waals surface area contributed by atoms with Gasteiger partial charge in [-0.1, -0.05) is 19.3 Å². The lowest BCUT2D eigenvalue weighted by Gasteiger charge is -2.17. The molecule has 3 nitrogen and oxygen atoms in total. The SMILES string of the molecule is CN=c1scc(-c2ccc(F)cc2)n1/N=C\C1CCCCC1. The number of halogens is 1. The Morgan fingerprint density at radius 1 is 1.18 bits per heavy atom. The summed E-state index contributed by atoms with van der Waals surface area (Å²) in [6.07, 6.45) is 8.43. The van der Waals surface area contributed by atoms with Crippen molar-refractivity contribution in [1.29, 1.82) is 0 Å².